The van der Waals surface area contributed by atoms with Crippen LogP contribution >= 0.6 is 0 Å². The van der Waals surface area contributed by atoms with Gasteiger partial charge in [-0.25, -0.2) is 0 Å². The van der Waals surface area contributed by atoms with Gasteiger partial charge in [0.15, 0.2) is 5.96 Å². The van der Waals surface area contributed by atoms with Crippen molar-refractivity contribution >= 4 is 5.96 Å². The van der Waals surface area contributed by atoms with E-state index in [1.807, 2.05) is 18.9 Å². The predicted octanol–water partition coefficient (Wildman–Crippen LogP) is 3.11. The third kappa shape index (κ3) is 7.69. The molecule has 1 N–H and O–H groups in total. The Hall–Kier alpha value is -1.89. The second-order valence-electron chi connectivity index (χ2n) is 6.13. The summed E-state index contributed by atoms with van der Waals surface area (Å²) >= 11 is 0. The molecule has 1 fully saturated rings. The van der Waals surface area contributed by atoms with Crippen molar-refractivity contribution in [1.82, 2.24) is 10.2 Å². The van der Waals surface area contributed by atoms with Crippen LogP contribution in [0.2, 0.25) is 0 Å². The smallest absolute Gasteiger partial charge is 0.387 e. The van der Waals surface area contributed by atoms with Crippen LogP contribution in [0.4, 0.5) is 8.78 Å². The van der Waals surface area contributed by atoms with E-state index in [4.69, 9.17) is 4.74 Å². The maximum atomic E-state index is 12.2. The molecule has 7 heteroatoms. The first-order chi connectivity index (χ1) is 12.1. The minimum Gasteiger partial charge on any atom is -0.435 e. The maximum absolute atomic E-state index is 12.2. The zero-order valence-corrected chi connectivity index (χ0v) is 14.9. The maximum Gasteiger partial charge on any atom is 0.387 e. The van der Waals surface area contributed by atoms with Crippen LogP contribution in [-0.2, 0) is 11.3 Å². The third-order valence-corrected chi connectivity index (χ3v) is 3.81. The molecule has 0 saturated heterocycles. The van der Waals surface area contributed by atoms with E-state index >= 15 is 0 Å². The number of alkyl halides is 2. The number of halogens is 2. The number of hydrogen-bond donors (Lipinski definition) is 1. The third-order valence-electron chi connectivity index (χ3n) is 3.81. The Morgan fingerprint density at radius 3 is 2.64 bits per heavy atom. The average Bonchev–Trinajstić information content (AvgIpc) is 3.39. The van der Waals surface area contributed by atoms with E-state index in [1.54, 1.807) is 24.3 Å². The SMILES string of the molecule is CCNC(=NCCOCC1CC1)N(C)Cc1ccc(OC(F)F)cc1. The molecule has 25 heavy (non-hydrogen) atoms. The lowest BCUT2D eigenvalue weighted by Gasteiger charge is -2.22. The van der Waals surface area contributed by atoms with Crippen LogP contribution in [0.25, 0.3) is 0 Å². The molecule has 1 aromatic carbocycles. The Labute approximate surface area is 148 Å². The van der Waals surface area contributed by atoms with Crippen LogP contribution in [0.3, 0.4) is 0 Å². The Morgan fingerprint density at radius 2 is 2.04 bits per heavy atom. The second-order valence-corrected chi connectivity index (χ2v) is 6.13. The summed E-state index contributed by atoms with van der Waals surface area (Å²) in [5.41, 5.74) is 0.986. The van der Waals surface area contributed by atoms with Crippen LogP contribution < -0.4 is 10.1 Å². The first-order valence-corrected chi connectivity index (χ1v) is 8.69. The molecule has 0 amide bonds. The minimum atomic E-state index is -2.80. The lowest BCUT2D eigenvalue weighted by Crippen LogP contribution is -2.38. The topological polar surface area (TPSA) is 46.1 Å². The number of nitrogens with zero attached hydrogens (tertiary/aromatic N) is 2. The molecule has 2 rings (SSSR count). The number of benzene rings is 1. The van der Waals surface area contributed by atoms with Gasteiger partial charge in [0.2, 0.25) is 0 Å². The van der Waals surface area contributed by atoms with Gasteiger partial charge in [-0.05, 0) is 43.4 Å². The summed E-state index contributed by atoms with van der Waals surface area (Å²) < 4.78 is 34.3. The highest BCUT2D eigenvalue weighted by Gasteiger charge is 2.20. The van der Waals surface area contributed by atoms with Gasteiger partial charge >= 0.3 is 6.61 Å². The van der Waals surface area contributed by atoms with Crippen LogP contribution in [-0.4, -0.2) is 50.8 Å². The molecule has 0 atom stereocenters. The molecular weight excluding hydrogens is 328 g/mol. The molecule has 5 nitrogen and oxygen atoms in total. The standard InChI is InChI=1S/C18H27F2N3O2/c1-3-21-18(22-10-11-24-13-15-4-5-15)23(2)12-14-6-8-16(9-7-14)25-17(19)20/h6-9,15,17H,3-5,10-13H2,1-2H3,(H,21,22). The number of aliphatic imine (C=N–C) groups is 1. The molecular formula is C18H27F2N3O2. The Bertz CT molecular complexity index is 534. The summed E-state index contributed by atoms with van der Waals surface area (Å²) in [6, 6.07) is 6.64. The number of nitrogens with one attached hydrogen (secondary N) is 1. The van der Waals surface area contributed by atoms with E-state index in [1.165, 1.54) is 12.8 Å². The lowest BCUT2D eigenvalue weighted by atomic mass is 10.2. The van der Waals surface area contributed by atoms with Crippen LogP contribution in [0.1, 0.15) is 25.3 Å². The zero-order chi connectivity index (χ0) is 18.1. The molecule has 1 saturated carbocycles. The lowest BCUT2D eigenvalue weighted by molar-refractivity contribution is -0.0498. The Morgan fingerprint density at radius 1 is 1.32 bits per heavy atom. The number of hydrogen-bond acceptors (Lipinski definition) is 3. The van der Waals surface area contributed by atoms with Gasteiger partial charge in [0.1, 0.15) is 5.75 Å². The fraction of sp³-hybridized carbons (Fsp3) is 0.611. The molecule has 0 bridgehead atoms. The molecule has 0 spiro atoms. The highest BCUT2D eigenvalue weighted by atomic mass is 19.3. The summed E-state index contributed by atoms with van der Waals surface area (Å²) in [7, 11) is 1.94. The molecule has 0 aromatic heterocycles. The largest absolute Gasteiger partial charge is 0.435 e. The van der Waals surface area contributed by atoms with Crippen molar-refractivity contribution in [2.45, 2.75) is 32.9 Å². The summed E-state index contributed by atoms with van der Waals surface area (Å²) in [4.78, 5) is 6.56. The second kappa shape index (κ2) is 10.2. The van der Waals surface area contributed by atoms with Gasteiger partial charge in [-0.15, -0.1) is 0 Å². The zero-order valence-electron chi connectivity index (χ0n) is 14.9. The van der Waals surface area contributed by atoms with Crippen LogP contribution in [0.5, 0.6) is 5.75 Å². The van der Waals surface area contributed by atoms with Gasteiger partial charge in [-0.2, -0.15) is 8.78 Å². The van der Waals surface area contributed by atoms with Gasteiger partial charge in [-0.1, -0.05) is 12.1 Å². The van der Waals surface area contributed by atoms with E-state index in [9.17, 15) is 8.78 Å². The highest BCUT2D eigenvalue weighted by molar-refractivity contribution is 5.79. The van der Waals surface area contributed by atoms with Crippen molar-refractivity contribution in [3.8, 4) is 5.75 Å². The van der Waals surface area contributed by atoms with Gasteiger partial charge < -0.3 is 19.7 Å². The molecule has 1 aliphatic rings. The van der Waals surface area contributed by atoms with E-state index in [2.05, 4.69) is 15.0 Å². The molecule has 0 unspecified atom stereocenters. The number of guanidine groups is 1. The first kappa shape index (κ1) is 19.4. The summed E-state index contributed by atoms with van der Waals surface area (Å²) in [6.45, 7) is 2.68. The van der Waals surface area contributed by atoms with E-state index in [-0.39, 0.29) is 5.75 Å². The van der Waals surface area contributed by atoms with Crippen molar-refractivity contribution in [3.05, 3.63) is 29.8 Å². The fourth-order valence-electron chi connectivity index (χ4n) is 2.35. The molecule has 1 aliphatic carbocycles. The molecule has 0 heterocycles. The Kier molecular flexibility index (Phi) is 7.91. The van der Waals surface area contributed by atoms with Gasteiger partial charge in [0, 0.05) is 26.7 Å². The van der Waals surface area contributed by atoms with Gasteiger partial charge in [0.05, 0.1) is 13.2 Å². The molecule has 0 aliphatic heterocycles. The van der Waals surface area contributed by atoms with Gasteiger partial charge in [0.25, 0.3) is 0 Å². The minimum absolute atomic E-state index is 0.162. The Balaban J connectivity index is 1.81. The van der Waals surface area contributed by atoms with E-state index in [0.717, 1.165) is 30.6 Å². The predicted molar refractivity (Wildman–Crippen MR) is 94.1 cm³/mol. The number of rotatable bonds is 10. The van der Waals surface area contributed by atoms with Crippen LogP contribution in [0, 0.1) is 5.92 Å². The van der Waals surface area contributed by atoms with Crippen molar-refractivity contribution in [2.75, 3.05) is 33.4 Å². The highest BCUT2D eigenvalue weighted by Crippen LogP contribution is 2.28. The van der Waals surface area contributed by atoms with Crippen molar-refractivity contribution in [3.63, 3.8) is 0 Å². The number of ether oxygens (including phenoxy) is 2. The van der Waals surface area contributed by atoms with E-state index < -0.39 is 6.61 Å². The van der Waals surface area contributed by atoms with Gasteiger partial charge in [-0.3, -0.25) is 4.99 Å². The fourth-order valence-corrected chi connectivity index (χ4v) is 2.35. The quantitative estimate of drug-likeness (QED) is 0.398. The molecule has 140 valence electrons. The van der Waals surface area contributed by atoms with Crippen LogP contribution in [0.15, 0.2) is 29.3 Å². The monoisotopic (exact) mass is 355 g/mol. The summed E-state index contributed by atoms with van der Waals surface area (Å²) in [5.74, 6) is 1.72. The van der Waals surface area contributed by atoms with Crippen molar-refractivity contribution < 1.29 is 18.3 Å². The van der Waals surface area contributed by atoms with Crippen molar-refractivity contribution in [2.24, 2.45) is 10.9 Å². The van der Waals surface area contributed by atoms with E-state index in [0.29, 0.717) is 19.7 Å². The van der Waals surface area contributed by atoms with Crippen molar-refractivity contribution in [1.29, 1.82) is 0 Å². The summed E-state index contributed by atoms with van der Waals surface area (Å²) in [6.07, 6.45) is 2.57. The first-order valence-electron chi connectivity index (χ1n) is 8.69. The normalized spacial score (nSPS) is 14.7. The average molecular weight is 355 g/mol. The molecule has 1 aromatic rings. The summed E-state index contributed by atoms with van der Waals surface area (Å²) in [5, 5.41) is 3.25. The molecule has 0 radical (unpaired) electrons.